The maximum Gasteiger partial charge on any atom is 0.220 e. The minimum absolute atomic E-state index is 0.303. The molecule has 0 spiro atoms. The first-order chi connectivity index (χ1) is 16.4. The molecular weight excluding hydrogens is 386 g/mol. The molecule has 1 heterocycles. The molecule has 168 valence electrons. The van der Waals surface area contributed by atoms with E-state index in [0.717, 1.165) is 22.9 Å². The van der Waals surface area contributed by atoms with E-state index >= 15 is 0 Å². The van der Waals surface area contributed by atoms with Gasteiger partial charge in [-0.15, -0.1) is 0 Å². The average molecular weight is 429 g/mol. The predicted octanol–water partition coefficient (Wildman–Crippen LogP) is 8.47. The van der Waals surface area contributed by atoms with Gasteiger partial charge in [0.05, 0.1) is 12.3 Å². The van der Waals surface area contributed by atoms with E-state index in [9.17, 15) is 0 Å². The van der Waals surface area contributed by atoms with Gasteiger partial charge >= 0.3 is 0 Å². The molecule has 0 amide bonds. The van der Waals surface area contributed by atoms with E-state index in [1.165, 1.54) is 73.6 Å². The van der Waals surface area contributed by atoms with Gasteiger partial charge in [0.25, 0.3) is 0 Å². The Kier molecular flexibility index (Phi) is 5.44. The van der Waals surface area contributed by atoms with Crippen molar-refractivity contribution in [1.82, 2.24) is 0 Å². The second kappa shape index (κ2) is 9.00. The lowest BCUT2D eigenvalue weighted by molar-refractivity contribution is -0.659. The van der Waals surface area contributed by atoms with Crippen LogP contribution in [0.25, 0.3) is 22.0 Å². The fourth-order valence-electron chi connectivity index (χ4n) is 6.28. The van der Waals surface area contributed by atoms with Gasteiger partial charge in [-0.2, -0.15) is 0 Å². The van der Waals surface area contributed by atoms with Crippen molar-refractivity contribution in [2.24, 2.45) is 7.05 Å². The minimum atomic E-state index is 0.303. The third kappa shape index (κ3) is 3.89. The summed E-state index contributed by atoms with van der Waals surface area (Å²) in [4.78, 5) is 0. The van der Waals surface area contributed by atoms with Gasteiger partial charge in [0.1, 0.15) is 8.42 Å². The Morgan fingerprint density at radius 3 is 2.38 bits per heavy atom. The number of hydrogen-bond acceptors (Lipinski definition) is 0. The molecule has 2 fully saturated rings. The summed E-state index contributed by atoms with van der Waals surface area (Å²) in [6, 6.07) is 12.0. The molecule has 1 aromatic heterocycles. The van der Waals surface area contributed by atoms with Gasteiger partial charge < -0.3 is 0 Å². The summed E-state index contributed by atoms with van der Waals surface area (Å²) in [6.45, 7) is 6.77. The van der Waals surface area contributed by atoms with Gasteiger partial charge in [0.15, 0.2) is 6.17 Å². The monoisotopic (exact) mass is 428 g/mol. The maximum atomic E-state index is 8.83. The standard InChI is InChI=1S/C31H40N/c1-5-21(2)25-14-15-28-26(18-25)16-17-32(4)31(28)30-20-27(23-10-6-7-11-23)19-29(22(30)3)24-12-8-9-13-24/h14-21,23-24H,5-13H2,1-4H3/q+1/i16D,17D. The van der Waals surface area contributed by atoms with E-state index in [1.54, 1.807) is 5.56 Å². The van der Waals surface area contributed by atoms with Crippen molar-refractivity contribution in [2.45, 2.75) is 96.3 Å². The highest BCUT2D eigenvalue weighted by molar-refractivity contribution is 5.94. The van der Waals surface area contributed by atoms with E-state index in [-0.39, 0.29) is 0 Å². The van der Waals surface area contributed by atoms with Gasteiger partial charge in [-0.25, -0.2) is 4.57 Å². The molecule has 1 atom stereocenters. The first-order valence-electron chi connectivity index (χ1n) is 14.0. The Morgan fingerprint density at radius 1 is 1.00 bits per heavy atom. The largest absolute Gasteiger partial charge is 0.220 e. The van der Waals surface area contributed by atoms with Crippen LogP contribution in [0.4, 0.5) is 0 Å². The van der Waals surface area contributed by atoms with E-state index in [2.05, 4.69) is 51.1 Å². The number of fused-ring (bicyclic) bond motifs is 1. The molecule has 5 rings (SSSR count). The molecule has 0 saturated heterocycles. The fraction of sp³-hybridized carbons (Fsp3) is 0.516. The molecule has 1 heteroatoms. The predicted molar refractivity (Wildman–Crippen MR) is 136 cm³/mol. The van der Waals surface area contributed by atoms with Gasteiger partial charge in [-0.1, -0.05) is 57.7 Å². The van der Waals surface area contributed by atoms with E-state index in [4.69, 9.17) is 2.74 Å². The quantitative estimate of drug-likeness (QED) is 0.359. The number of nitrogens with zero attached hydrogens (tertiary/aromatic N) is 1. The fourth-order valence-corrected chi connectivity index (χ4v) is 6.28. The van der Waals surface area contributed by atoms with E-state index in [0.29, 0.717) is 30.0 Å². The minimum Gasteiger partial charge on any atom is -0.200 e. The van der Waals surface area contributed by atoms with Crippen molar-refractivity contribution in [3.8, 4) is 11.3 Å². The lowest BCUT2D eigenvalue weighted by atomic mass is 9.83. The van der Waals surface area contributed by atoms with Crippen LogP contribution < -0.4 is 4.57 Å². The third-order valence-corrected chi connectivity index (χ3v) is 8.52. The van der Waals surface area contributed by atoms with Crippen LogP contribution >= 0.6 is 0 Å². The molecule has 0 bridgehead atoms. The Morgan fingerprint density at radius 2 is 1.69 bits per heavy atom. The smallest absolute Gasteiger partial charge is 0.200 e. The third-order valence-electron chi connectivity index (χ3n) is 8.52. The topological polar surface area (TPSA) is 3.88 Å². The first kappa shape index (κ1) is 19.3. The lowest BCUT2D eigenvalue weighted by Gasteiger charge is -2.21. The van der Waals surface area contributed by atoms with Gasteiger partial charge in [-0.05, 0) is 96.6 Å². The summed E-state index contributed by atoms with van der Waals surface area (Å²) in [5, 5.41) is 2.03. The Hall–Kier alpha value is -2.15. The number of benzene rings is 2. The van der Waals surface area contributed by atoms with Gasteiger partial charge in [-0.3, -0.25) is 0 Å². The molecule has 2 aromatic carbocycles. The maximum absolute atomic E-state index is 8.83. The highest BCUT2D eigenvalue weighted by atomic mass is 14.9. The zero-order chi connectivity index (χ0) is 24.0. The molecular formula is C31H40N+. The van der Waals surface area contributed by atoms with Crippen LogP contribution in [-0.4, -0.2) is 0 Å². The summed E-state index contributed by atoms with van der Waals surface area (Å²) in [7, 11) is 1.98. The van der Waals surface area contributed by atoms with Crippen LogP contribution in [0.15, 0.2) is 42.5 Å². The highest BCUT2D eigenvalue weighted by Gasteiger charge is 2.27. The normalized spacial score (nSPS) is 19.5. The molecule has 2 aliphatic carbocycles. The number of aromatic nitrogens is 1. The number of rotatable bonds is 5. The summed E-state index contributed by atoms with van der Waals surface area (Å²) in [5.41, 5.74) is 8.10. The molecule has 0 radical (unpaired) electrons. The summed E-state index contributed by atoms with van der Waals surface area (Å²) < 4.78 is 19.6. The zero-order valence-corrected chi connectivity index (χ0v) is 20.4. The van der Waals surface area contributed by atoms with E-state index < -0.39 is 0 Å². The molecule has 0 aliphatic heterocycles. The van der Waals surface area contributed by atoms with Crippen molar-refractivity contribution >= 4 is 10.8 Å². The lowest BCUT2D eigenvalue weighted by Crippen LogP contribution is -2.31. The van der Waals surface area contributed by atoms with Gasteiger partial charge in [0.2, 0.25) is 5.69 Å². The average Bonchev–Trinajstić information content (AvgIpc) is 3.58. The molecule has 0 N–H and O–H groups in total. The Labute approximate surface area is 197 Å². The van der Waals surface area contributed by atoms with Crippen LogP contribution in [0.1, 0.15) is 114 Å². The summed E-state index contributed by atoms with van der Waals surface area (Å²) >= 11 is 0. The molecule has 2 saturated carbocycles. The van der Waals surface area contributed by atoms with Crippen LogP contribution in [0.5, 0.6) is 0 Å². The molecule has 2 aliphatic rings. The summed E-state index contributed by atoms with van der Waals surface area (Å²) in [5.74, 6) is 1.79. The second-order valence-electron chi connectivity index (χ2n) is 10.5. The Bertz CT molecular complexity index is 1220. The SMILES string of the molecule is [2H]c1c([2H])[n+](C)c(-c2cc(C3CCCC3)cc(C3CCCC3)c2C)c2ccc(C(C)CC)cc12. The van der Waals surface area contributed by atoms with Crippen LogP contribution in [0, 0.1) is 6.92 Å². The molecule has 1 nitrogen and oxygen atoms in total. The first-order valence-corrected chi connectivity index (χ1v) is 13.0. The van der Waals surface area contributed by atoms with Crippen molar-refractivity contribution in [2.75, 3.05) is 0 Å². The number of hydrogen-bond donors (Lipinski definition) is 0. The van der Waals surface area contributed by atoms with Crippen molar-refractivity contribution in [3.63, 3.8) is 0 Å². The summed E-state index contributed by atoms with van der Waals surface area (Å²) in [6.07, 6.45) is 11.9. The molecule has 32 heavy (non-hydrogen) atoms. The van der Waals surface area contributed by atoms with Crippen LogP contribution in [0.2, 0.25) is 0 Å². The number of pyridine rings is 1. The van der Waals surface area contributed by atoms with Crippen molar-refractivity contribution in [1.29, 1.82) is 0 Å². The van der Waals surface area contributed by atoms with Crippen LogP contribution in [-0.2, 0) is 7.05 Å². The van der Waals surface area contributed by atoms with Crippen molar-refractivity contribution < 1.29 is 7.31 Å². The Balaban J connectivity index is 1.78. The molecule has 3 aromatic rings. The van der Waals surface area contributed by atoms with Crippen LogP contribution in [0.3, 0.4) is 0 Å². The van der Waals surface area contributed by atoms with E-state index in [1.807, 2.05) is 11.6 Å². The second-order valence-corrected chi connectivity index (χ2v) is 10.5. The van der Waals surface area contributed by atoms with Crippen molar-refractivity contribution in [3.05, 3.63) is 64.8 Å². The zero-order valence-electron chi connectivity index (χ0n) is 22.4. The van der Waals surface area contributed by atoms with Gasteiger partial charge in [0, 0.05) is 6.04 Å². The molecule has 1 unspecified atom stereocenters. The highest BCUT2D eigenvalue weighted by Crippen LogP contribution is 2.43.